The standard InChI is InChI=1S/3C6H6O2.H3O4P/c3*7-5-2-1-3-6(8)4-5;1-5(2,3)4/h3*1-4,7-8H;(H3,1,2,3,4). The van der Waals surface area contributed by atoms with Crippen LogP contribution in [0.5, 0.6) is 34.5 Å². The Morgan fingerprint density at radius 3 is 0.655 bits per heavy atom. The highest BCUT2D eigenvalue weighted by molar-refractivity contribution is 7.45. The van der Waals surface area contributed by atoms with Crippen molar-refractivity contribution in [2.75, 3.05) is 0 Å². The van der Waals surface area contributed by atoms with Crippen molar-refractivity contribution in [2.24, 2.45) is 0 Å². The van der Waals surface area contributed by atoms with Gasteiger partial charge in [0.15, 0.2) is 0 Å². The molecule has 0 radical (unpaired) electrons. The number of phenols is 6. The summed E-state index contributed by atoms with van der Waals surface area (Å²) in [6, 6.07) is 17.6. The summed E-state index contributed by atoms with van der Waals surface area (Å²) < 4.78 is 8.88. The van der Waals surface area contributed by atoms with Crippen LogP contribution < -0.4 is 0 Å². The first-order chi connectivity index (χ1) is 13.4. The third-order valence-corrected chi connectivity index (χ3v) is 2.49. The summed E-state index contributed by atoms with van der Waals surface area (Å²) in [6.45, 7) is 0. The third-order valence-electron chi connectivity index (χ3n) is 2.49. The van der Waals surface area contributed by atoms with Gasteiger partial charge in [0.05, 0.1) is 0 Å². The minimum Gasteiger partial charge on any atom is -0.508 e. The number of hydrogen-bond donors (Lipinski definition) is 9. The van der Waals surface area contributed by atoms with Crippen molar-refractivity contribution in [2.45, 2.75) is 0 Å². The second kappa shape index (κ2) is 12.9. The van der Waals surface area contributed by atoms with Gasteiger partial charge < -0.3 is 45.3 Å². The van der Waals surface area contributed by atoms with Crippen molar-refractivity contribution < 1.29 is 49.9 Å². The summed E-state index contributed by atoms with van der Waals surface area (Å²) in [5, 5.41) is 51.9. The van der Waals surface area contributed by atoms with Crippen LogP contribution >= 0.6 is 7.82 Å². The van der Waals surface area contributed by atoms with E-state index in [1.165, 1.54) is 54.6 Å². The molecule has 0 heterocycles. The molecule has 0 bridgehead atoms. The molecule has 0 amide bonds. The minimum atomic E-state index is -4.64. The summed E-state index contributed by atoms with van der Waals surface area (Å²) >= 11 is 0. The summed E-state index contributed by atoms with van der Waals surface area (Å²) in [6.07, 6.45) is 0. The highest BCUT2D eigenvalue weighted by atomic mass is 31.2. The smallest absolute Gasteiger partial charge is 0.466 e. The van der Waals surface area contributed by atoms with Crippen molar-refractivity contribution in [3.8, 4) is 34.5 Å². The maximum absolute atomic E-state index is 8.88. The molecule has 0 aliphatic rings. The van der Waals surface area contributed by atoms with Gasteiger partial charge in [-0.3, -0.25) is 0 Å². The molecular weight excluding hydrogens is 407 g/mol. The van der Waals surface area contributed by atoms with Gasteiger partial charge in [-0.25, -0.2) is 4.57 Å². The Labute approximate surface area is 165 Å². The van der Waals surface area contributed by atoms with Crippen molar-refractivity contribution in [1.82, 2.24) is 0 Å². The Bertz CT molecular complexity index is 747. The van der Waals surface area contributed by atoms with Gasteiger partial charge in [-0.2, -0.15) is 0 Å². The average Bonchev–Trinajstić information content (AvgIpc) is 2.53. The molecule has 0 fully saturated rings. The lowest BCUT2D eigenvalue weighted by Crippen LogP contribution is -1.66. The Hall–Kier alpha value is -3.43. The van der Waals surface area contributed by atoms with Crippen LogP contribution in [-0.4, -0.2) is 45.3 Å². The monoisotopic (exact) mass is 428 g/mol. The molecule has 9 N–H and O–H groups in total. The maximum Gasteiger partial charge on any atom is 0.466 e. The van der Waals surface area contributed by atoms with Gasteiger partial charge >= 0.3 is 7.82 Å². The first kappa shape index (κ1) is 25.6. The molecule has 0 saturated heterocycles. The molecule has 3 aromatic carbocycles. The lowest BCUT2D eigenvalue weighted by molar-refractivity contribution is 0.275. The zero-order valence-electron chi connectivity index (χ0n) is 14.8. The molecule has 0 aromatic heterocycles. The molecule has 158 valence electrons. The van der Waals surface area contributed by atoms with Crippen molar-refractivity contribution in [1.29, 1.82) is 0 Å². The number of aromatic hydroxyl groups is 6. The second-order valence-corrected chi connectivity index (χ2v) is 6.10. The lowest BCUT2D eigenvalue weighted by Gasteiger charge is -1.89. The van der Waals surface area contributed by atoms with Crippen LogP contribution in [0.4, 0.5) is 0 Å². The summed E-state index contributed by atoms with van der Waals surface area (Å²) in [4.78, 5) is 21.6. The van der Waals surface area contributed by atoms with E-state index in [0.717, 1.165) is 0 Å². The van der Waals surface area contributed by atoms with E-state index in [0.29, 0.717) is 0 Å². The molecule has 0 aliphatic heterocycles. The van der Waals surface area contributed by atoms with Crippen LogP contribution in [0.25, 0.3) is 0 Å². The molecule has 11 heteroatoms. The van der Waals surface area contributed by atoms with Gasteiger partial charge in [0.2, 0.25) is 0 Å². The molecule has 3 rings (SSSR count). The van der Waals surface area contributed by atoms with E-state index in [9.17, 15) is 0 Å². The maximum atomic E-state index is 8.88. The lowest BCUT2D eigenvalue weighted by atomic mass is 10.3. The van der Waals surface area contributed by atoms with Gasteiger partial charge in [-0.15, -0.1) is 0 Å². The Morgan fingerprint density at radius 1 is 0.448 bits per heavy atom. The normalized spacial score (nSPS) is 9.48. The molecular formula is C18H21O10P. The highest BCUT2D eigenvalue weighted by Crippen LogP contribution is 2.25. The third kappa shape index (κ3) is 17.7. The van der Waals surface area contributed by atoms with Crippen LogP contribution in [0.2, 0.25) is 0 Å². The summed E-state index contributed by atoms with van der Waals surface area (Å²) in [5.74, 6) is 0.528. The molecule has 10 nitrogen and oxygen atoms in total. The molecule has 0 unspecified atom stereocenters. The number of hydrogen-bond acceptors (Lipinski definition) is 7. The highest BCUT2D eigenvalue weighted by Gasteiger charge is 2.00. The van der Waals surface area contributed by atoms with E-state index in [2.05, 4.69) is 0 Å². The Balaban J connectivity index is 0.000000367. The van der Waals surface area contributed by atoms with Crippen molar-refractivity contribution in [3.63, 3.8) is 0 Å². The van der Waals surface area contributed by atoms with Crippen LogP contribution in [0.3, 0.4) is 0 Å². The molecule has 0 atom stereocenters. The Kier molecular flexibility index (Phi) is 11.3. The van der Waals surface area contributed by atoms with Crippen LogP contribution in [0.15, 0.2) is 72.8 Å². The van der Waals surface area contributed by atoms with Gasteiger partial charge in [-0.05, 0) is 36.4 Å². The van der Waals surface area contributed by atoms with E-state index in [-0.39, 0.29) is 34.5 Å². The van der Waals surface area contributed by atoms with E-state index in [4.69, 9.17) is 49.9 Å². The van der Waals surface area contributed by atoms with E-state index < -0.39 is 7.82 Å². The fourth-order valence-electron chi connectivity index (χ4n) is 1.48. The predicted molar refractivity (Wildman–Crippen MR) is 104 cm³/mol. The van der Waals surface area contributed by atoms with Crippen LogP contribution in [0, 0.1) is 0 Å². The first-order valence-electron chi connectivity index (χ1n) is 7.59. The van der Waals surface area contributed by atoms with E-state index in [1.807, 2.05) is 0 Å². The van der Waals surface area contributed by atoms with E-state index >= 15 is 0 Å². The zero-order valence-corrected chi connectivity index (χ0v) is 15.7. The molecule has 29 heavy (non-hydrogen) atoms. The molecule has 0 spiro atoms. The Morgan fingerprint density at radius 2 is 0.586 bits per heavy atom. The number of rotatable bonds is 0. The number of phosphoric acid groups is 1. The van der Waals surface area contributed by atoms with Crippen LogP contribution in [-0.2, 0) is 4.57 Å². The quantitative estimate of drug-likeness (QED) is 0.239. The van der Waals surface area contributed by atoms with Gasteiger partial charge in [0.25, 0.3) is 0 Å². The minimum absolute atomic E-state index is 0.0880. The first-order valence-corrected chi connectivity index (χ1v) is 9.15. The molecule has 0 aliphatic carbocycles. The predicted octanol–water partition coefficient (Wildman–Crippen LogP) is 2.36. The van der Waals surface area contributed by atoms with Gasteiger partial charge in [0.1, 0.15) is 34.5 Å². The molecule has 3 aromatic rings. The molecule has 0 saturated carbocycles. The largest absolute Gasteiger partial charge is 0.508 e. The average molecular weight is 428 g/mol. The topological polar surface area (TPSA) is 199 Å². The fourth-order valence-corrected chi connectivity index (χ4v) is 1.48. The van der Waals surface area contributed by atoms with Crippen LogP contribution in [0.1, 0.15) is 0 Å². The van der Waals surface area contributed by atoms with Crippen molar-refractivity contribution in [3.05, 3.63) is 72.8 Å². The van der Waals surface area contributed by atoms with Gasteiger partial charge in [-0.1, -0.05) is 18.2 Å². The number of phenolic OH excluding ortho intramolecular Hbond substituents is 6. The number of benzene rings is 3. The summed E-state index contributed by atoms with van der Waals surface area (Å²) in [5.41, 5.74) is 0. The van der Waals surface area contributed by atoms with Gasteiger partial charge in [0, 0.05) is 18.2 Å². The fraction of sp³-hybridized carbons (Fsp3) is 0. The van der Waals surface area contributed by atoms with E-state index in [1.54, 1.807) is 18.2 Å². The SMILES string of the molecule is O=P(O)(O)O.Oc1cccc(O)c1.Oc1cccc(O)c1.Oc1cccc(O)c1. The second-order valence-electron chi connectivity index (χ2n) is 5.07. The summed E-state index contributed by atoms with van der Waals surface area (Å²) in [7, 11) is -4.64. The zero-order chi connectivity index (χ0) is 22.4. The van der Waals surface area contributed by atoms with Crippen molar-refractivity contribution >= 4 is 7.82 Å².